The minimum absolute atomic E-state index is 0.299. The molecular weight excluding hydrogens is 152 g/mol. The molecule has 2 aliphatic rings. The van der Waals surface area contributed by atoms with Crippen LogP contribution in [0.3, 0.4) is 0 Å². The molecule has 0 amide bonds. The van der Waals surface area contributed by atoms with Gasteiger partial charge in [-0.3, -0.25) is 4.79 Å². The van der Waals surface area contributed by atoms with E-state index in [-0.39, 0.29) is 10.8 Å². The van der Waals surface area contributed by atoms with E-state index in [0.29, 0.717) is 18.1 Å². The molecule has 0 aromatic carbocycles. The second-order valence-electron chi connectivity index (χ2n) is 4.60. The van der Waals surface area contributed by atoms with E-state index in [1.807, 2.05) is 13.8 Å². The van der Waals surface area contributed by atoms with Gasteiger partial charge in [0.15, 0.2) is 0 Å². The molecule has 0 heterocycles. The molecule has 2 bridgehead atoms. The number of aldehydes is 1. The van der Waals surface area contributed by atoms with Crippen molar-refractivity contribution >= 4 is 12.1 Å². The van der Waals surface area contributed by atoms with Crippen molar-refractivity contribution in [1.29, 1.82) is 0 Å². The van der Waals surface area contributed by atoms with Crippen LogP contribution < -0.4 is 0 Å². The van der Waals surface area contributed by atoms with Gasteiger partial charge in [0.1, 0.15) is 12.1 Å². The van der Waals surface area contributed by atoms with Crippen molar-refractivity contribution in [3.8, 4) is 0 Å². The largest absolute Gasteiger partial charge is 0.303 e. The number of rotatable bonds is 1. The maximum Gasteiger partial charge on any atom is 0.140 e. The van der Waals surface area contributed by atoms with Crippen molar-refractivity contribution in [2.75, 3.05) is 0 Å². The van der Waals surface area contributed by atoms with Gasteiger partial charge in [-0.05, 0) is 18.8 Å². The molecule has 1 unspecified atom stereocenters. The molecule has 2 fully saturated rings. The fraction of sp³-hybridized carbons (Fsp3) is 0.800. The summed E-state index contributed by atoms with van der Waals surface area (Å²) in [6, 6.07) is 0. The van der Waals surface area contributed by atoms with E-state index >= 15 is 0 Å². The zero-order valence-corrected chi connectivity index (χ0v) is 7.59. The third-order valence-electron chi connectivity index (χ3n) is 4.32. The van der Waals surface area contributed by atoms with Gasteiger partial charge in [-0.1, -0.05) is 13.8 Å². The summed E-state index contributed by atoms with van der Waals surface area (Å²) in [4.78, 5) is 22.6. The third kappa shape index (κ3) is 0.584. The molecule has 12 heavy (non-hydrogen) atoms. The lowest BCUT2D eigenvalue weighted by molar-refractivity contribution is -0.132. The van der Waals surface area contributed by atoms with Gasteiger partial charge in [-0.25, -0.2) is 0 Å². The van der Waals surface area contributed by atoms with Crippen LogP contribution in [0.2, 0.25) is 0 Å². The van der Waals surface area contributed by atoms with E-state index in [1.54, 1.807) is 0 Å². The van der Waals surface area contributed by atoms with Crippen LogP contribution in [-0.4, -0.2) is 12.1 Å². The van der Waals surface area contributed by atoms with E-state index in [9.17, 15) is 9.59 Å². The molecule has 0 N–H and O–H groups in total. The Morgan fingerprint density at radius 2 is 2.17 bits per heavy atom. The van der Waals surface area contributed by atoms with Crippen LogP contribution in [0.25, 0.3) is 0 Å². The first-order valence-corrected chi connectivity index (χ1v) is 4.54. The first-order valence-electron chi connectivity index (χ1n) is 4.54. The molecule has 0 aromatic heterocycles. The summed E-state index contributed by atoms with van der Waals surface area (Å²) in [7, 11) is 0. The number of ketones is 1. The molecule has 2 saturated carbocycles. The highest BCUT2D eigenvalue weighted by atomic mass is 16.1. The standard InChI is InChI=1S/C10H14O2/c1-9-4-3-7(5-8(9)12)10(9,2)6-11/h6-7H,3-5H2,1-2H3/t7-,9-,10?/m0/s1. The summed E-state index contributed by atoms with van der Waals surface area (Å²) in [5.74, 6) is 0.626. The summed E-state index contributed by atoms with van der Waals surface area (Å²) in [5, 5.41) is 0. The number of hydrogen-bond acceptors (Lipinski definition) is 2. The van der Waals surface area contributed by atoms with Crippen LogP contribution in [0.1, 0.15) is 33.1 Å². The molecule has 0 radical (unpaired) electrons. The van der Waals surface area contributed by atoms with Gasteiger partial charge in [-0.15, -0.1) is 0 Å². The number of Topliss-reactive ketones (excluding diaryl/α,β-unsaturated/α-hetero) is 1. The predicted molar refractivity (Wildman–Crippen MR) is 44.6 cm³/mol. The van der Waals surface area contributed by atoms with E-state index in [1.165, 1.54) is 0 Å². The molecule has 66 valence electrons. The van der Waals surface area contributed by atoms with Crippen molar-refractivity contribution in [2.24, 2.45) is 16.7 Å². The Labute approximate surface area is 72.3 Å². The molecule has 2 rings (SSSR count). The maximum absolute atomic E-state index is 11.6. The quantitative estimate of drug-likeness (QED) is 0.554. The highest BCUT2D eigenvalue weighted by Gasteiger charge is 2.63. The fourth-order valence-corrected chi connectivity index (χ4v) is 2.91. The van der Waals surface area contributed by atoms with Crippen molar-refractivity contribution in [1.82, 2.24) is 0 Å². The van der Waals surface area contributed by atoms with E-state index in [0.717, 1.165) is 19.1 Å². The number of carbonyl (C=O) groups excluding carboxylic acids is 2. The van der Waals surface area contributed by atoms with E-state index in [4.69, 9.17) is 0 Å². The van der Waals surface area contributed by atoms with Crippen LogP contribution >= 0.6 is 0 Å². The van der Waals surface area contributed by atoms with Crippen molar-refractivity contribution in [3.05, 3.63) is 0 Å². The first-order chi connectivity index (χ1) is 5.54. The average molecular weight is 166 g/mol. The topological polar surface area (TPSA) is 34.1 Å². The summed E-state index contributed by atoms with van der Waals surface area (Å²) in [5.41, 5.74) is -0.691. The molecule has 2 heteroatoms. The second kappa shape index (κ2) is 1.98. The highest BCUT2D eigenvalue weighted by Crippen LogP contribution is 2.62. The monoisotopic (exact) mass is 166 g/mol. The fourth-order valence-electron chi connectivity index (χ4n) is 2.91. The zero-order chi connectivity index (χ0) is 8.98. The van der Waals surface area contributed by atoms with Crippen LogP contribution in [0.4, 0.5) is 0 Å². The van der Waals surface area contributed by atoms with E-state index < -0.39 is 0 Å². The molecule has 0 aromatic rings. The normalized spacial score (nSPS) is 51.5. The number of carbonyl (C=O) groups is 2. The minimum Gasteiger partial charge on any atom is -0.303 e. The van der Waals surface area contributed by atoms with Crippen LogP contribution in [0, 0.1) is 16.7 Å². The Morgan fingerprint density at radius 3 is 2.42 bits per heavy atom. The molecule has 0 spiro atoms. The van der Waals surface area contributed by atoms with Gasteiger partial charge in [0.05, 0.1) is 0 Å². The van der Waals surface area contributed by atoms with Gasteiger partial charge >= 0.3 is 0 Å². The molecule has 2 nitrogen and oxygen atoms in total. The van der Waals surface area contributed by atoms with E-state index in [2.05, 4.69) is 0 Å². The molecule has 2 aliphatic carbocycles. The van der Waals surface area contributed by atoms with Gasteiger partial charge in [0.25, 0.3) is 0 Å². The smallest absolute Gasteiger partial charge is 0.140 e. The number of hydrogen-bond donors (Lipinski definition) is 0. The van der Waals surface area contributed by atoms with Gasteiger partial charge in [0.2, 0.25) is 0 Å². The van der Waals surface area contributed by atoms with Crippen molar-refractivity contribution in [3.63, 3.8) is 0 Å². The Bertz CT molecular complexity index is 257. The highest BCUT2D eigenvalue weighted by molar-refractivity contribution is 5.93. The van der Waals surface area contributed by atoms with Gasteiger partial charge in [0, 0.05) is 17.3 Å². The minimum atomic E-state index is -0.357. The Hall–Kier alpha value is -0.660. The van der Waals surface area contributed by atoms with Gasteiger partial charge < -0.3 is 4.79 Å². The SMILES string of the molecule is CC1(C=O)[C@H]2CC[C@@]1(C)C(=O)C2. The van der Waals surface area contributed by atoms with Gasteiger partial charge in [-0.2, -0.15) is 0 Å². The van der Waals surface area contributed by atoms with Crippen LogP contribution in [0.5, 0.6) is 0 Å². The lowest BCUT2D eigenvalue weighted by atomic mass is 9.70. The number of fused-ring (bicyclic) bond motifs is 2. The zero-order valence-electron chi connectivity index (χ0n) is 7.59. The average Bonchev–Trinajstić information content (AvgIpc) is 2.39. The maximum atomic E-state index is 11.6. The lowest BCUT2D eigenvalue weighted by Crippen LogP contribution is -2.36. The van der Waals surface area contributed by atoms with Crippen molar-refractivity contribution < 1.29 is 9.59 Å². The van der Waals surface area contributed by atoms with Crippen LogP contribution in [0.15, 0.2) is 0 Å². The summed E-state index contributed by atoms with van der Waals surface area (Å²) in [6.45, 7) is 3.90. The van der Waals surface area contributed by atoms with Crippen LogP contribution in [-0.2, 0) is 9.59 Å². The van der Waals surface area contributed by atoms with Crippen molar-refractivity contribution in [2.45, 2.75) is 33.1 Å². The third-order valence-corrected chi connectivity index (χ3v) is 4.32. The second-order valence-corrected chi connectivity index (χ2v) is 4.60. The summed E-state index contributed by atoms with van der Waals surface area (Å²) in [6.07, 6.45) is 3.60. The Kier molecular flexibility index (Phi) is 1.31. The molecule has 3 atom stereocenters. The molecule has 0 saturated heterocycles. The predicted octanol–water partition coefficient (Wildman–Crippen LogP) is 1.58. The molecular formula is C10H14O2. The Balaban J connectivity index is 2.51. The molecule has 0 aliphatic heterocycles. The first kappa shape index (κ1) is 7.96. The summed E-state index contributed by atoms with van der Waals surface area (Å²) >= 11 is 0. The lowest BCUT2D eigenvalue weighted by Gasteiger charge is -2.30. The summed E-state index contributed by atoms with van der Waals surface area (Å²) < 4.78 is 0. The Morgan fingerprint density at radius 1 is 1.50 bits per heavy atom.